The maximum Gasteiger partial charge on any atom is 0.119 e. The summed E-state index contributed by atoms with van der Waals surface area (Å²) < 4.78 is 5.86. The molecular formula is C22H31NO. The molecule has 2 atom stereocenters. The molecule has 130 valence electrons. The van der Waals surface area contributed by atoms with Gasteiger partial charge in [-0.25, -0.2) is 0 Å². The standard InChI is InChI=1S/C22H31NO/c1-5-18(4)24-21-13-11-20(12-14-21)22(6-2)23-16-15-19-10-8-7-9-17(19)3/h7-14,18,22-23H,5-6,15-16H2,1-4H3. The molecule has 0 aliphatic heterocycles. The van der Waals surface area contributed by atoms with Gasteiger partial charge in [-0.05, 0) is 68.5 Å². The number of hydrogen-bond acceptors (Lipinski definition) is 2. The van der Waals surface area contributed by atoms with E-state index in [1.54, 1.807) is 0 Å². The third-order valence-electron chi connectivity index (χ3n) is 4.65. The highest BCUT2D eigenvalue weighted by Crippen LogP contribution is 2.21. The van der Waals surface area contributed by atoms with Crippen LogP contribution in [-0.4, -0.2) is 12.6 Å². The fourth-order valence-corrected chi connectivity index (χ4v) is 2.86. The first kappa shape index (κ1) is 18.5. The van der Waals surface area contributed by atoms with Crippen molar-refractivity contribution in [3.63, 3.8) is 0 Å². The first-order valence-electron chi connectivity index (χ1n) is 9.18. The Morgan fingerprint density at radius 3 is 2.29 bits per heavy atom. The molecule has 0 bridgehead atoms. The maximum absolute atomic E-state index is 5.86. The predicted octanol–water partition coefficient (Wildman–Crippen LogP) is 5.46. The third-order valence-corrected chi connectivity index (χ3v) is 4.65. The second-order valence-corrected chi connectivity index (χ2v) is 6.50. The van der Waals surface area contributed by atoms with Crippen LogP contribution >= 0.6 is 0 Å². The van der Waals surface area contributed by atoms with Gasteiger partial charge in [0.25, 0.3) is 0 Å². The normalized spacial score (nSPS) is 13.5. The summed E-state index contributed by atoms with van der Waals surface area (Å²) in [4.78, 5) is 0. The van der Waals surface area contributed by atoms with E-state index >= 15 is 0 Å². The molecule has 0 fully saturated rings. The van der Waals surface area contributed by atoms with Crippen molar-refractivity contribution < 1.29 is 4.74 Å². The second-order valence-electron chi connectivity index (χ2n) is 6.50. The van der Waals surface area contributed by atoms with Crippen molar-refractivity contribution in [3.8, 4) is 5.75 Å². The Morgan fingerprint density at radius 1 is 0.958 bits per heavy atom. The first-order chi connectivity index (χ1) is 11.6. The van der Waals surface area contributed by atoms with Crippen molar-refractivity contribution in [2.24, 2.45) is 0 Å². The molecular weight excluding hydrogens is 294 g/mol. The van der Waals surface area contributed by atoms with Gasteiger partial charge in [0.15, 0.2) is 0 Å². The van der Waals surface area contributed by atoms with Gasteiger partial charge in [-0.3, -0.25) is 0 Å². The summed E-state index contributed by atoms with van der Waals surface area (Å²) in [6.07, 6.45) is 3.45. The zero-order valence-corrected chi connectivity index (χ0v) is 15.5. The quantitative estimate of drug-likeness (QED) is 0.661. The summed E-state index contributed by atoms with van der Waals surface area (Å²) >= 11 is 0. The molecule has 2 aromatic carbocycles. The van der Waals surface area contributed by atoms with Gasteiger partial charge in [0.1, 0.15) is 5.75 Å². The summed E-state index contributed by atoms with van der Waals surface area (Å²) in [5, 5.41) is 3.69. The number of benzene rings is 2. The molecule has 2 aromatic rings. The highest BCUT2D eigenvalue weighted by molar-refractivity contribution is 5.29. The number of nitrogens with one attached hydrogen (secondary N) is 1. The molecule has 0 spiro atoms. The van der Waals surface area contributed by atoms with Gasteiger partial charge in [-0.2, -0.15) is 0 Å². The summed E-state index contributed by atoms with van der Waals surface area (Å²) in [5.74, 6) is 0.961. The van der Waals surface area contributed by atoms with Crippen LogP contribution in [0.5, 0.6) is 5.75 Å². The summed E-state index contributed by atoms with van der Waals surface area (Å²) in [5.41, 5.74) is 4.13. The predicted molar refractivity (Wildman–Crippen MR) is 103 cm³/mol. The van der Waals surface area contributed by atoms with E-state index in [1.165, 1.54) is 16.7 Å². The average molecular weight is 325 g/mol. The molecule has 0 heterocycles. The Hall–Kier alpha value is -1.80. The van der Waals surface area contributed by atoms with Crippen LogP contribution in [0.3, 0.4) is 0 Å². The van der Waals surface area contributed by atoms with Gasteiger partial charge in [-0.15, -0.1) is 0 Å². The molecule has 0 saturated carbocycles. The van der Waals surface area contributed by atoms with Gasteiger partial charge < -0.3 is 10.1 Å². The number of hydrogen-bond donors (Lipinski definition) is 1. The van der Waals surface area contributed by atoms with Crippen molar-refractivity contribution in [1.82, 2.24) is 5.32 Å². The topological polar surface area (TPSA) is 21.3 Å². The van der Waals surface area contributed by atoms with Gasteiger partial charge in [0.05, 0.1) is 6.10 Å². The summed E-state index contributed by atoms with van der Waals surface area (Å²) in [6.45, 7) is 9.66. The van der Waals surface area contributed by atoms with Crippen molar-refractivity contribution in [2.45, 2.75) is 59.1 Å². The molecule has 0 aromatic heterocycles. The number of ether oxygens (including phenoxy) is 1. The van der Waals surface area contributed by atoms with E-state index in [4.69, 9.17) is 4.74 Å². The van der Waals surface area contributed by atoms with Crippen LogP contribution in [0.25, 0.3) is 0 Å². The highest BCUT2D eigenvalue weighted by atomic mass is 16.5. The van der Waals surface area contributed by atoms with E-state index in [2.05, 4.69) is 81.5 Å². The van der Waals surface area contributed by atoms with Crippen LogP contribution in [-0.2, 0) is 6.42 Å². The molecule has 2 nitrogen and oxygen atoms in total. The molecule has 0 saturated heterocycles. The van der Waals surface area contributed by atoms with Gasteiger partial charge in [0, 0.05) is 6.04 Å². The van der Waals surface area contributed by atoms with Crippen LogP contribution < -0.4 is 10.1 Å². The lowest BCUT2D eigenvalue weighted by Crippen LogP contribution is -2.23. The second kappa shape index (κ2) is 9.48. The molecule has 0 aliphatic rings. The van der Waals surface area contributed by atoms with Crippen molar-refractivity contribution >= 4 is 0 Å². The zero-order chi connectivity index (χ0) is 17.4. The Bertz CT molecular complexity index is 606. The maximum atomic E-state index is 5.86. The van der Waals surface area contributed by atoms with Crippen LogP contribution in [0, 0.1) is 6.92 Å². The van der Waals surface area contributed by atoms with Crippen molar-refractivity contribution in [1.29, 1.82) is 0 Å². The van der Waals surface area contributed by atoms with Gasteiger partial charge in [-0.1, -0.05) is 50.2 Å². The van der Waals surface area contributed by atoms with E-state index in [1.807, 2.05) is 0 Å². The lowest BCUT2D eigenvalue weighted by atomic mass is 10.0. The minimum absolute atomic E-state index is 0.269. The zero-order valence-electron chi connectivity index (χ0n) is 15.5. The molecule has 0 aliphatic carbocycles. The lowest BCUT2D eigenvalue weighted by molar-refractivity contribution is 0.217. The molecule has 24 heavy (non-hydrogen) atoms. The fourth-order valence-electron chi connectivity index (χ4n) is 2.86. The largest absolute Gasteiger partial charge is 0.491 e. The van der Waals surface area contributed by atoms with E-state index in [-0.39, 0.29) is 6.10 Å². The van der Waals surface area contributed by atoms with Crippen molar-refractivity contribution in [2.75, 3.05) is 6.54 Å². The van der Waals surface area contributed by atoms with Gasteiger partial charge >= 0.3 is 0 Å². The Balaban J connectivity index is 1.90. The molecule has 0 amide bonds. The average Bonchev–Trinajstić information content (AvgIpc) is 2.61. The van der Waals surface area contributed by atoms with Crippen LogP contribution in [0.1, 0.15) is 56.3 Å². The van der Waals surface area contributed by atoms with Crippen LogP contribution in [0.4, 0.5) is 0 Å². The monoisotopic (exact) mass is 325 g/mol. The SMILES string of the molecule is CCC(C)Oc1ccc(C(CC)NCCc2ccccc2C)cc1. The Labute approximate surface area is 147 Å². The van der Waals surface area contributed by atoms with Gasteiger partial charge in [0.2, 0.25) is 0 Å². The number of aryl methyl sites for hydroxylation is 1. The molecule has 2 rings (SSSR count). The summed E-state index contributed by atoms with van der Waals surface area (Å²) in [7, 11) is 0. The van der Waals surface area contributed by atoms with Crippen LogP contribution in [0.15, 0.2) is 48.5 Å². The highest BCUT2D eigenvalue weighted by Gasteiger charge is 2.09. The van der Waals surface area contributed by atoms with E-state index < -0.39 is 0 Å². The molecule has 2 unspecified atom stereocenters. The van der Waals surface area contributed by atoms with E-state index in [9.17, 15) is 0 Å². The van der Waals surface area contributed by atoms with E-state index in [0.717, 1.165) is 31.6 Å². The third kappa shape index (κ3) is 5.38. The van der Waals surface area contributed by atoms with Crippen LogP contribution in [0.2, 0.25) is 0 Å². The summed E-state index contributed by atoms with van der Waals surface area (Å²) in [6, 6.07) is 17.6. The minimum Gasteiger partial charge on any atom is -0.491 e. The Kier molecular flexibility index (Phi) is 7.33. The lowest BCUT2D eigenvalue weighted by Gasteiger charge is -2.19. The molecule has 2 heteroatoms. The number of rotatable bonds is 9. The smallest absolute Gasteiger partial charge is 0.119 e. The van der Waals surface area contributed by atoms with Crippen molar-refractivity contribution in [3.05, 3.63) is 65.2 Å². The van der Waals surface area contributed by atoms with E-state index in [0.29, 0.717) is 6.04 Å². The first-order valence-corrected chi connectivity index (χ1v) is 9.18. The minimum atomic E-state index is 0.269. The Morgan fingerprint density at radius 2 is 1.67 bits per heavy atom. The molecule has 0 radical (unpaired) electrons. The fraction of sp³-hybridized carbons (Fsp3) is 0.455. The molecule has 1 N–H and O–H groups in total.